The summed E-state index contributed by atoms with van der Waals surface area (Å²) in [6, 6.07) is 6.98. The van der Waals surface area contributed by atoms with Crippen molar-refractivity contribution in [2.45, 2.75) is 0 Å². The van der Waals surface area contributed by atoms with E-state index in [2.05, 4.69) is 15.5 Å². The third-order valence-electron chi connectivity index (χ3n) is 2.41. The van der Waals surface area contributed by atoms with Gasteiger partial charge in [-0.3, -0.25) is 4.79 Å². The molecule has 2 rings (SSSR count). The molecule has 1 aliphatic heterocycles. The van der Waals surface area contributed by atoms with Crippen LogP contribution in [0.3, 0.4) is 0 Å². The first-order valence-electron chi connectivity index (χ1n) is 6.08. The van der Waals surface area contributed by atoms with E-state index in [1.807, 2.05) is 0 Å². The zero-order valence-corrected chi connectivity index (χ0v) is 12.4. The number of para-hydroxylation sites is 1. The molecule has 1 saturated heterocycles. The van der Waals surface area contributed by atoms with Gasteiger partial charge in [-0.2, -0.15) is 5.10 Å². The topological polar surface area (TPSA) is 83.4 Å². The summed E-state index contributed by atoms with van der Waals surface area (Å²) in [5.74, 6) is 0.656. The summed E-state index contributed by atoms with van der Waals surface area (Å²) in [6.07, 6.45) is 0.997. The third-order valence-corrected chi connectivity index (χ3v) is 3.28. The van der Waals surface area contributed by atoms with Gasteiger partial charge < -0.3 is 15.0 Å². The van der Waals surface area contributed by atoms with Crippen LogP contribution in [0.2, 0.25) is 0 Å². The fourth-order valence-corrected chi connectivity index (χ4v) is 2.02. The number of hydrogen-bond donors (Lipinski definition) is 1. The minimum absolute atomic E-state index is 0.0886. The largest absolute Gasteiger partial charge is 0.414 e. The summed E-state index contributed by atoms with van der Waals surface area (Å²) < 4.78 is 5.22. The smallest absolute Gasteiger partial charge is 0.410 e. The second-order valence-electron chi connectivity index (χ2n) is 4.29. The molecule has 2 amide bonds. The maximum Gasteiger partial charge on any atom is 0.414 e. The SMILES string of the molecule is CN(C)C(=O)Oc1ccccc1C=NN=C1NC(=O)CS1. The number of ether oxygens (including phenoxy) is 1. The van der Waals surface area contributed by atoms with Gasteiger partial charge in [-0.05, 0) is 12.1 Å². The van der Waals surface area contributed by atoms with Crippen molar-refractivity contribution in [2.75, 3.05) is 19.8 Å². The highest BCUT2D eigenvalue weighted by atomic mass is 32.2. The molecule has 1 N–H and O–H groups in total. The van der Waals surface area contributed by atoms with Crippen LogP contribution in [-0.4, -0.2) is 48.1 Å². The number of amides is 2. The molecular weight excluding hydrogens is 292 g/mol. The van der Waals surface area contributed by atoms with E-state index in [-0.39, 0.29) is 5.91 Å². The van der Waals surface area contributed by atoms with Crippen LogP contribution in [0, 0.1) is 0 Å². The number of nitrogens with zero attached hydrogens (tertiary/aromatic N) is 3. The number of nitrogens with one attached hydrogen (secondary N) is 1. The maximum atomic E-state index is 11.6. The molecule has 0 unspecified atom stereocenters. The van der Waals surface area contributed by atoms with Gasteiger partial charge in [0, 0.05) is 19.7 Å². The lowest BCUT2D eigenvalue weighted by molar-refractivity contribution is -0.116. The van der Waals surface area contributed by atoms with E-state index < -0.39 is 6.09 Å². The van der Waals surface area contributed by atoms with Crippen LogP contribution in [0.4, 0.5) is 4.79 Å². The molecule has 0 atom stereocenters. The van der Waals surface area contributed by atoms with E-state index in [0.717, 1.165) is 0 Å². The molecule has 7 nitrogen and oxygen atoms in total. The Morgan fingerprint density at radius 2 is 2.19 bits per heavy atom. The van der Waals surface area contributed by atoms with Crippen molar-refractivity contribution in [1.29, 1.82) is 0 Å². The summed E-state index contributed by atoms with van der Waals surface area (Å²) in [5.41, 5.74) is 0.617. The quantitative estimate of drug-likeness (QED) is 0.674. The number of hydrogen-bond acceptors (Lipinski definition) is 6. The highest BCUT2D eigenvalue weighted by Crippen LogP contribution is 2.17. The Hall–Kier alpha value is -2.35. The van der Waals surface area contributed by atoms with Gasteiger partial charge in [0.2, 0.25) is 5.91 Å². The standard InChI is InChI=1S/C13H14N4O3S/c1-17(2)13(19)20-10-6-4-3-5-9(10)7-14-16-12-15-11(18)8-21-12/h3-7H,8H2,1-2H3,(H,15,16,18). The van der Waals surface area contributed by atoms with Crippen molar-refractivity contribution in [3.8, 4) is 5.75 Å². The number of amidine groups is 1. The molecule has 0 aliphatic carbocycles. The van der Waals surface area contributed by atoms with Gasteiger partial charge >= 0.3 is 6.09 Å². The predicted octanol–water partition coefficient (Wildman–Crippen LogP) is 1.30. The van der Waals surface area contributed by atoms with Crippen molar-refractivity contribution in [2.24, 2.45) is 10.2 Å². The van der Waals surface area contributed by atoms with E-state index in [1.165, 1.54) is 22.9 Å². The Labute approximate surface area is 126 Å². The number of benzene rings is 1. The normalized spacial score (nSPS) is 16.3. The van der Waals surface area contributed by atoms with Crippen LogP contribution in [0.1, 0.15) is 5.56 Å². The average Bonchev–Trinajstić information content (AvgIpc) is 2.86. The number of carbonyl (C=O) groups excluding carboxylic acids is 2. The first-order valence-corrected chi connectivity index (χ1v) is 7.06. The molecule has 1 heterocycles. The lowest BCUT2D eigenvalue weighted by Gasteiger charge is -2.11. The fourth-order valence-electron chi connectivity index (χ4n) is 1.39. The van der Waals surface area contributed by atoms with Gasteiger partial charge in [-0.1, -0.05) is 23.9 Å². The predicted molar refractivity (Wildman–Crippen MR) is 81.8 cm³/mol. The summed E-state index contributed by atoms with van der Waals surface area (Å²) in [7, 11) is 3.20. The molecule has 0 saturated carbocycles. The molecule has 1 fully saturated rings. The summed E-state index contributed by atoms with van der Waals surface area (Å²) >= 11 is 1.29. The zero-order chi connectivity index (χ0) is 15.2. The maximum absolute atomic E-state index is 11.6. The van der Waals surface area contributed by atoms with Crippen molar-refractivity contribution in [3.05, 3.63) is 29.8 Å². The van der Waals surface area contributed by atoms with E-state index in [0.29, 0.717) is 22.2 Å². The highest BCUT2D eigenvalue weighted by molar-refractivity contribution is 8.15. The molecule has 21 heavy (non-hydrogen) atoms. The fraction of sp³-hybridized carbons (Fsp3) is 0.231. The van der Waals surface area contributed by atoms with Crippen LogP contribution >= 0.6 is 11.8 Å². The Kier molecular flexibility index (Phi) is 4.94. The van der Waals surface area contributed by atoms with Gasteiger partial charge in [-0.25, -0.2) is 4.79 Å². The van der Waals surface area contributed by atoms with Crippen LogP contribution in [0.25, 0.3) is 0 Å². The molecule has 0 aromatic heterocycles. The van der Waals surface area contributed by atoms with Crippen LogP contribution in [0.5, 0.6) is 5.75 Å². The van der Waals surface area contributed by atoms with Gasteiger partial charge in [0.25, 0.3) is 0 Å². The van der Waals surface area contributed by atoms with Crippen molar-refractivity contribution in [3.63, 3.8) is 0 Å². The number of rotatable bonds is 3. The molecule has 1 aliphatic rings. The van der Waals surface area contributed by atoms with Crippen LogP contribution < -0.4 is 10.1 Å². The van der Waals surface area contributed by atoms with Crippen LogP contribution in [0.15, 0.2) is 34.5 Å². The van der Waals surface area contributed by atoms with Crippen molar-refractivity contribution >= 4 is 35.1 Å². The summed E-state index contributed by atoms with van der Waals surface area (Å²) in [5, 5.41) is 10.8. The van der Waals surface area contributed by atoms with Gasteiger partial charge in [-0.15, -0.1) is 5.10 Å². The molecular formula is C13H14N4O3S. The Morgan fingerprint density at radius 1 is 1.43 bits per heavy atom. The molecule has 0 radical (unpaired) electrons. The minimum atomic E-state index is -0.472. The second-order valence-corrected chi connectivity index (χ2v) is 5.25. The van der Waals surface area contributed by atoms with Crippen molar-refractivity contribution < 1.29 is 14.3 Å². The van der Waals surface area contributed by atoms with E-state index in [1.54, 1.807) is 38.4 Å². The molecule has 0 spiro atoms. The minimum Gasteiger partial charge on any atom is -0.410 e. The Balaban J connectivity index is 2.09. The van der Waals surface area contributed by atoms with Gasteiger partial charge in [0.1, 0.15) is 5.75 Å². The summed E-state index contributed by atoms with van der Waals surface area (Å²) in [4.78, 5) is 23.9. The Morgan fingerprint density at radius 3 is 2.86 bits per heavy atom. The molecule has 0 bridgehead atoms. The Bertz CT molecular complexity index is 613. The van der Waals surface area contributed by atoms with Crippen molar-refractivity contribution in [1.82, 2.24) is 10.2 Å². The first-order chi connectivity index (χ1) is 10.1. The molecule has 110 valence electrons. The first kappa shape index (κ1) is 15.0. The number of thioether (sulfide) groups is 1. The second kappa shape index (κ2) is 6.89. The molecule has 1 aromatic rings. The third kappa shape index (κ3) is 4.32. The average molecular weight is 306 g/mol. The summed E-state index contributed by atoms with van der Waals surface area (Å²) in [6.45, 7) is 0. The lowest BCUT2D eigenvalue weighted by atomic mass is 10.2. The highest BCUT2D eigenvalue weighted by Gasteiger charge is 2.16. The molecule has 1 aromatic carbocycles. The zero-order valence-electron chi connectivity index (χ0n) is 11.6. The number of carbonyl (C=O) groups is 2. The molecule has 8 heteroatoms. The van der Waals surface area contributed by atoms with E-state index in [9.17, 15) is 9.59 Å². The van der Waals surface area contributed by atoms with Crippen LogP contribution in [-0.2, 0) is 4.79 Å². The van der Waals surface area contributed by atoms with E-state index in [4.69, 9.17) is 4.74 Å². The van der Waals surface area contributed by atoms with Gasteiger partial charge in [0.05, 0.1) is 12.0 Å². The monoisotopic (exact) mass is 306 g/mol. The van der Waals surface area contributed by atoms with Gasteiger partial charge in [0.15, 0.2) is 5.17 Å². The lowest BCUT2D eigenvalue weighted by Crippen LogP contribution is -2.25. The van der Waals surface area contributed by atoms with E-state index >= 15 is 0 Å².